The Kier molecular flexibility index (Phi) is 3.43. The molecule has 1 heterocycles. The number of nitrogens with one attached hydrogen (secondary N) is 1. The first-order chi connectivity index (χ1) is 8.86. The largest absolute Gasteiger partial charge is 0.397 e. The number of hydrogen-bond acceptors (Lipinski definition) is 7. The standard InChI is InChI=1S/C11H14N4O3S/c1-7-14-11(15-18-7)6-13-10-4-3-8(5-9(10)12)19(2,16)17/h3-5,13H,6,12H2,1-2H3. The van der Waals surface area contributed by atoms with E-state index in [4.69, 9.17) is 10.3 Å². The van der Waals surface area contributed by atoms with Gasteiger partial charge in [-0.15, -0.1) is 0 Å². The van der Waals surface area contributed by atoms with Crippen LogP contribution in [0.1, 0.15) is 11.7 Å². The molecule has 0 bridgehead atoms. The number of rotatable bonds is 4. The van der Waals surface area contributed by atoms with Crippen molar-refractivity contribution in [1.29, 1.82) is 0 Å². The number of sulfone groups is 1. The van der Waals surface area contributed by atoms with Gasteiger partial charge in [0.1, 0.15) is 0 Å². The van der Waals surface area contributed by atoms with Crippen molar-refractivity contribution in [1.82, 2.24) is 10.1 Å². The fraction of sp³-hybridized carbons (Fsp3) is 0.273. The van der Waals surface area contributed by atoms with Gasteiger partial charge in [0.05, 0.1) is 22.8 Å². The number of anilines is 2. The molecule has 2 rings (SSSR count). The molecule has 1 aromatic heterocycles. The van der Waals surface area contributed by atoms with Gasteiger partial charge in [0.25, 0.3) is 0 Å². The van der Waals surface area contributed by atoms with Crippen LogP contribution in [0.2, 0.25) is 0 Å². The first-order valence-corrected chi connectivity index (χ1v) is 7.38. The number of hydrogen-bond donors (Lipinski definition) is 2. The van der Waals surface area contributed by atoms with E-state index in [0.29, 0.717) is 29.6 Å². The van der Waals surface area contributed by atoms with Gasteiger partial charge in [-0.3, -0.25) is 0 Å². The lowest BCUT2D eigenvalue weighted by Crippen LogP contribution is -2.05. The molecule has 1 aromatic carbocycles. The molecule has 2 aromatic rings. The normalized spacial score (nSPS) is 11.5. The summed E-state index contributed by atoms with van der Waals surface area (Å²) in [6.45, 7) is 2.05. The minimum atomic E-state index is -3.25. The molecule has 8 heteroatoms. The molecular weight excluding hydrogens is 268 g/mol. The van der Waals surface area contributed by atoms with Crippen molar-refractivity contribution in [2.45, 2.75) is 18.4 Å². The Bertz CT molecular complexity index is 694. The zero-order chi connectivity index (χ0) is 14.0. The van der Waals surface area contributed by atoms with Gasteiger partial charge in [-0.25, -0.2) is 8.42 Å². The van der Waals surface area contributed by atoms with Gasteiger partial charge in [0.2, 0.25) is 5.89 Å². The summed E-state index contributed by atoms with van der Waals surface area (Å²) in [5.41, 5.74) is 6.77. The summed E-state index contributed by atoms with van der Waals surface area (Å²) in [6.07, 6.45) is 1.14. The van der Waals surface area contributed by atoms with Crippen LogP contribution in [0.4, 0.5) is 11.4 Å². The van der Waals surface area contributed by atoms with Crippen molar-refractivity contribution in [3.8, 4) is 0 Å². The maximum Gasteiger partial charge on any atom is 0.223 e. The second-order valence-electron chi connectivity index (χ2n) is 4.10. The average molecular weight is 282 g/mol. The minimum Gasteiger partial charge on any atom is -0.397 e. The van der Waals surface area contributed by atoms with E-state index in [-0.39, 0.29) is 4.90 Å². The molecule has 0 spiro atoms. The van der Waals surface area contributed by atoms with E-state index in [2.05, 4.69) is 15.5 Å². The predicted molar refractivity (Wildman–Crippen MR) is 70.3 cm³/mol. The first kappa shape index (κ1) is 13.3. The monoisotopic (exact) mass is 282 g/mol. The summed E-state index contributed by atoms with van der Waals surface area (Å²) in [5, 5.41) is 6.75. The smallest absolute Gasteiger partial charge is 0.223 e. The first-order valence-electron chi connectivity index (χ1n) is 5.49. The van der Waals surface area contributed by atoms with Gasteiger partial charge in [-0.2, -0.15) is 4.98 Å². The van der Waals surface area contributed by atoms with Crippen molar-refractivity contribution in [2.24, 2.45) is 0 Å². The lowest BCUT2D eigenvalue weighted by molar-refractivity contribution is 0.388. The van der Waals surface area contributed by atoms with Crippen molar-refractivity contribution < 1.29 is 12.9 Å². The van der Waals surface area contributed by atoms with Gasteiger partial charge >= 0.3 is 0 Å². The quantitative estimate of drug-likeness (QED) is 0.804. The Hall–Kier alpha value is -2.09. The van der Waals surface area contributed by atoms with Crippen LogP contribution in [0.15, 0.2) is 27.6 Å². The predicted octanol–water partition coefficient (Wildman–Crippen LogP) is 0.976. The summed E-state index contributed by atoms with van der Waals surface area (Å²) < 4.78 is 27.6. The molecule has 0 radical (unpaired) electrons. The summed E-state index contributed by atoms with van der Waals surface area (Å²) in [5.74, 6) is 0.987. The molecule has 0 amide bonds. The number of nitrogen functional groups attached to an aromatic ring is 1. The summed E-state index contributed by atoms with van der Waals surface area (Å²) in [6, 6.07) is 4.52. The molecule has 0 atom stereocenters. The van der Waals surface area contributed by atoms with Crippen molar-refractivity contribution >= 4 is 21.2 Å². The molecule has 3 N–H and O–H groups in total. The van der Waals surface area contributed by atoms with Crippen molar-refractivity contribution in [3.63, 3.8) is 0 Å². The van der Waals surface area contributed by atoms with Gasteiger partial charge < -0.3 is 15.6 Å². The van der Waals surface area contributed by atoms with E-state index in [1.165, 1.54) is 12.1 Å². The van der Waals surface area contributed by atoms with E-state index in [1.54, 1.807) is 13.0 Å². The number of benzene rings is 1. The number of nitrogens with two attached hydrogens (primary N) is 1. The lowest BCUT2D eigenvalue weighted by atomic mass is 10.2. The van der Waals surface area contributed by atoms with Crippen LogP contribution in [-0.4, -0.2) is 24.8 Å². The van der Waals surface area contributed by atoms with E-state index >= 15 is 0 Å². The van der Waals surface area contributed by atoms with Crippen molar-refractivity contribution in [3.05, 3.63) is 29.9 Å². The van der Waals surface area contributed by atoms with Crippen LogP contribution in [0.25, 0.3) is 0 Å². The highest BCUT2D eigenvalue weighted by Crippen LogP contribution is 2.22. The van der Waals surface area contributed by atoms with E-state index in [1.807, 2.05) is 0 Å². The number of aromatic nitrogens is 2. The van der Waals surface area contributed by atoms with Gasteiger partial charge in [-0.05, 0) is 18.2 Å². The Labute approximate surface area is 110 Å². The number of aryl methyl sites for hydroxylation is 1. The highest BCUT2D eigenvalue weighted by Gasteiger charge is 2.10. The Morgan fingerprint density at radius 1 is 1.42 bits per heavy atom. The molecule has 0 fully saturated rings. The molecule has 0 aliphatic heterocycles. The molecular formula is C11H14N4O3S. The Morgan fingerprint density at radius 3 is 2.68 bits per heavy atom. The van der Waals surface area contributed by atoms with E-state index in [9.17, 15) is 8.42 Å². The van der Waals surface area contributed by atoms with Crippen LogP contribution < -0.4 is 11.1 Å². The molecule has 0 aliphatic carbocycles. The minimum absolute atomic E-state index is 0.186. The number of nitrogens with zero attached hydrogens (tertiary/aromatic N) is 2. The Balaban J connectivity index is 2.14. The molecule has 7 nitrogen and oxygen atoms in total. The van der Waals surface area contributed by atoms with E-state index in [0.717, 1.165) is 6.26 Å². The van der Waals surface area contributed by atoms with Crippen LogP contribution in [0, 0.1) is 6.92 Å². The van der Waals surface area contributed by atoms with E-state index < -0.39 is 9.84 Å². The molecule has 0 unspecified atom stereocenters. The summed E-state index contributed by atoms with van der Waals surface area (Å²) in [4.78, 5) is 4.22. The van der Waals surface area contributed by atoms with Crippen LogP contribution in [0.3, 0.4) is 0 Å². The average Bonchev–Trinajstić information content (AvgIpc) is 2.72. The zero-order valence-electron chi connectivity index (χ0n) is 10.5. The SMILES string of the molecule is Cc1nc(CNc2ccc(S(C)(=O)=O)cc2N)no1. The second kappa shape index (κ2) is 4.88. The zero-order valence-corrected chi connectivity index (χ0v) is 11.4. The fourth-order valence-corrected chi connectivity index (χ4v) is 2.18. The fourth-order valence-electron chi connectivity index (χ4n) is 1.52. The molecule has 19 heavy (non-hydrogen) atoms. The van der Waals surface area contributed by atoms with Crippen LogP contribution >= 0.6 is 0 Å². The Morgan fingerprint density at radius 2 is 2.16 bits per heavy atom. The van der Waals surface area contributed by atoms with Gasteiger partial charge in [-0.1, -0.05) is 5.16 Å². The molecule has 0 saturated carbocycles. The highest BCUT2D eigenvalue weighted by molar-refractivity contribution is 7.90. The van der Waals surface area contributed by atoms with Crippen LogP contribution in [-0.2, 0) is 16.4 Å². The van der Waals surface area contributed by atoms with Gasteiger partial charge in [0.15, 0.2) is 15.7 Å². The maximum atomic E-state index is 11.4. The lowest BCUT2D eigenvalue weighted by Gasteiger charge is -2.08. The highest BCUT2D eigenvalue weighted by atomic mass is 32.2. The summed E-state index contributed by atoms with van der Waals surface area (Å²) in [7, 11) is -3.25. The third kappa shape index (κ3) is 3.22. The third-order valence-electron chi connectivity index (χ3n) is 2.46. The molecule has 0 aliphatic rings. The molecule has 102 valence electrons. The topological polar surface area (TPSA) is 111 Å². The maximum absolute atomic E-state index is 11.4. The second-order valence-corrected chi connectivity index (χ2v) is 6.12. The van der Waals surface area contributed by atoms with Crippen LogP contribution in [0.5, 0.6) is 0 Å². The molecule has 0 saturated heterocycles. The third-order valence-corrected chi connectivity index (χ3v) is 3.57. The van der Waals surface area contributed by atoms with Crippen molar-refractivity contribution in [2.75, 3.05) is 17.3 Å². The van der Waals surface area contributed by atoms with Gasteiger partial charge in [0, 0.05) is 13.2 Å². The summed E-state index contributed by atoms with van der Waals surface area (Å²) >= 11 is 0.